The van der Waals surface area contributed by atoms with Crippen LogP contribution in [-0.2, 0) is 19.1 Å². The second kappa shape index (κ2) is 38.6. The number of nitrogens with one attached hydrogen (secondary N) is 2. The predicted molar refractivity (Wildman–Crippen MR) is 287 cm³/mol. The molecule has 12 nitrogen and oxygen atoms in total. The van der Waals surface area contributed by atoms with Gasteiger partial charge in [0.05, 0.1) is 6.33 Å². The van der Waals surface area contributed by atoms with E-state index in [0.29, 0.717) is 19.3 Å². The quantitative estimate of drug-likeness (QED) is 0.0470. The molecule has 3 rings (SSSR count). The van der Waals surface area contributed by atoms with E-state index in [0.717, 1.165) is 57.8 Å². The number of hydrogen-bond acceptors (Lipinski definition) is 9. The van der Waals surface area contributed by atoms with Gasteiger partial charge in [0, 0.05) is 19.3 Å². The molecule has 0 spiro atoms. The maximum absolute atomic E-state index is 14.0. The van der Waals surface area contributed by atoms with Crippen molar-refractivity contribution in [2.24, 2.45) is 0 Å². The molecule has 3 heterocycles. The second-order valence-electron chi connectivity index (χ2n) is 21.2. The first-order chi connectivity index (χ1) is 34.2. The van der Waals surface area contributed by atoms with Gasteiger partial charge < -0.3 is 14.9 Å². The summed E-state index contributed by atoms with van der Waals surface area (Å²) in [7, 11) is 0. The zero-order valence-electron chi connectivity index (χ0n) is 45.0. The molecule has 0 saturated carbocycles. The average Bonchev–Trinajstić information content (AvgIpc) is 3.95. The summed E-state index contributed by atoms with van der Waals surface area (Å²) in [5, 5.41) is 26.2. The third kappa shape index (κ3) is 24.6. The summed E-state index contributed by atoms with van der Waals surface area (Å²) in [6, 6.07) is 0. The first-order valence-electron chi connectivity index (χ1n) is 29.6. The van der Waals surface area contributed by atoms with Gasteiger partial charge >= 0.3 is 0 Å². The number of amides is 1. The van der Waals surface area contributed by atoms with Crippen LogP contribution in [-0.4, -0.2) is 65.0 Å². The monoisotopic (exact) mass is 982 g/mol. The summed E-state index contributed by atoms with van der Waals surface area (Å²) in [5.74, 6) is -1.49. The fourth-order valence-corrected chi connectivity index (χ4v) is 10.3. The van der Waals surface area contributed by atoms with Crippen LogP contribution in [0.2, 0.25) is 0 Å². The fraction of sp³-hybridized carbons (Fsp3) is 0.862. The van der Waals surface area contributed by atoms with Gasteiger partial charge in [-0.1, -0.05) is 258 Å². The number of aliphatic hydroxyl groups excluding tert-OH is 1. The number of rotatable bonds is 47. The van der Waals surface area contributed by atoms with E-state index in [1.54, 1.807) is 0 Å². The standard InChI is InChI=1S/C58H103N5O7/c1-4-7-10-13-16-19-22-25-28-31-34-37-40-43-48(64)53(67)54-58(69,49(65)44-41-38-35-32-29-26-23-20-17-14-11-8-5-2)46-51(70-54)63-47-59-52-55(63)61-57(62-56(52)68)60-50(66)45-42-39-36-33-30-27-24-21-18-15-12-9-6-3/h47-48,51,54,64,69H,4-46H2,1-3H3,(H2,60,61,62,66,68)/t48?,51-,54-,58-/m1/s1. The lowest BCUT2D eigenvalue weighted by molar-refractivity contribution is -0.159. The van der Waals surface area contributed by atoms with Crippen molar-refractivity contribution in [1.29, 1.82) is 0 Å². The highest BCUT2D eigenvalue weighted by molar-refractivity contribution is 5.98. The molecule has 70 heavy (non-hydrogen) atoms. The van der Waals surface area contributed by atoms with Crippen molar-refractivity contribution < 1.29 is 29.3 Å². The lowest BCUT2D eigenvalue weighted by Gasteiger charge is -2.27. The Kier molecular flexibility index (Phi) is 33.9. The number of imidazole rings is 1. The summed E-state index contributed by atoms with van der Waals surface area (Å²) in [4.78, 5) is 65.7. The number of fused-ring (bicyclic) bond motifs is 1. The fourth-order valence-electron chi connectivity index (χ4n) is 10.3. The van der Waals surface area contributed by atoms with Crippen molar-refractivity contribution in [2.75, 3.05) is 5.32 Å². The molecule has 1 saturated heterocycles. The molecule has 12 heteroatoms. The predicted octanol–water partition coefficient (Wildman–Crippen LogP) is 15.0. The number of H-pyrrole nitrogens is 1. The number of ketones is 2. The Hall–Kier alpha value is -2.96. The average molecular weight is 982 g/mol. The van der Waals surface area contributed by atoms with E-state index in [-0.39, 0.29) is 42.3 Å². The van der Waals surface area contributed by atoms with Gasteiger partial charge in [0.2, 0.25) is 11.9 Å². The van der Waals surface area contributed by atoms with Crippen LogP contribution in [0.1, 0.15) is 303 Å². The number of ether oxygens (including phenoxy) is 1. The van der Waals surface area contributed by atoms with E-state index >= 15 is 0 Å². The van der Waals surface area contributed by atoms with Gasteiger partial charge in [-0.2, -0.15) is 4.98 Å². The molecule has 1 aliphatic heterocycles. The molecule has 1 unspecified atom stereocenters. The van der Waals surface area contributed by atoms with Crippen LogP contribution in [0.4, 0.5) is 5.95 Å². The molecule has 402 valence electrons. The molecule has 0 aliphatic carbocycles. The van der Waals surface area contributed by atoms with Gasteiger partial charge in [0.1, 0.15) is 12.3 Å². The van der Waals surface area contributed by atoms with Crippen LogP contribution in [0.25, 0.3) is 11.2 Å². The van der Waals surface area contributed by atoms with Crippen LogP contribution >= 0.6 is 0 Å². The zero-order chi connectivity index (χ0) is 50.5. The molecule has 4 N–H and O–H groups in total. The van der Waals surface area contributed by atoms with Crippen molar-refractivity contribution in [3.05, 3.63) is 16.7 Å². The molecule has 2 aromatic rings. The number of carbonyl (C=O) groups excluding carboxylic acids is 3. The summed E-state index contributed by atoms with van der Waals surface area (Å²) in [5.41, 5.74) is -2.65. The second-order valence-corrected chi connectivity index (χ2v) is 21.2. The van der Waals surface area contributed by atoms with Crippen molar-refractivity contribution >= 4 is 34.6 Å². The molecule has 1 aliphatic rings. The van der Waals surface area contributed by atoms with E-state index in [1.807, 2.05) is 0 Å². The smallest absolute Gasteiger partial charge is 0.280 e. The summed E-state index contributed by atoms with van der Waals surface area (Å²) < 4.78 is 7.71. The van der Waals surface area contributed by atoms with E-state index in [4.69, 9.17) is 4.74 Å². The van der Waals surface area contributed by atoms with Crippen molar-refractivity contribution in [2.45, 2.75) is 321 Å². The van der Waals surface area contributed by atoms with E-state index in [2.05, 4.69) is 41.0 Å². The summed E-state index contributed by atoms with van der Waals surface area (Å²) >= 11 is 0. The van der Waals surface area contributed by atoms with Gasteiger partial charge in [-0.25, -0.2) is 4.98 Å². The minimum absolute atomic E-state index is 0.00264. The van der Waals surface area contributed by atoms with Gasteiger partial charge in [-0.05, 0) is 19.3 Å². The topological polar surface area (TPSA) is 176 Å². The van der Waals surface area contributed by atoms with E-state index in [9.17, 15) is 29.4 Å². The minimum atomic E-state index is -2.18. The Balaban J connectivity index is 1.55. The maximum Gasteiger partial charge on any atom is 0.280 e. The highest BCUT2D eigenvalue weighted by Crippen LogP contribution is 2.41. The van der Waals surface area contributed by atoms with Gasteiger partial charge in [-0.15, -0.1) is 0 Å². The summed E-state index contributed by atoms with van der Waals surface area (Å²) in [6.45, 7) is 6.74. The first kappa shape index (κ1) is 61.3. The van der Waals surface area contributed by atoms with Gasteiger partial charge in [0.25, 0.3) is 5.56 Å². The van der Waals surface area contributed by atoms with Crippen molar-refractivity contribution in [3.8, 4) is 0 Å². The Morgan fingerprint density at radius 2 is 1.01 bits per heavy atom. The van der Waals surface area contributed by atoms with Crippen molar-refractivity contribution in [1.82, 2.24) is 19.5 Å². The number of Topliss-reactive ketones (excluding diaryl/α,β-unsaturated/α-hetero) is 2. The molecule has 0 aromatic carbocycles. The number of aromatic amines is 1. The van der Waals surface area contributed by atoms with E-state index < -0.39 is 41.2 Å². The van der Waals surface area contributed by atoms with Crippen LogP contribution in [0.3, 0.4) is 0 Å². The van der Waals surface area contributed by atoms with Gasteiger partial charge in [-0.3, -0.25) is 34.0 Å². The van der Waals surface area contributed by atoms with Crippen LogP contribution in [0, 0.1) is 0 Å². The lowest BCUT2D eigenvalue weighted by atomic mass is 9.83. The number of unbranched alkanes of at least 4 members (excludes halogenated alkanes) is 36. The van der Waals surface area contributed by atoms with Crippen molar-refractivity contribution in [3.63, 3.8) is 0 Å². The largest absolute Gasteiger partial charge is 0.385 e. The molecule has 1 amide bonds. The zero-order valence-corrected chi connectivity index (χ0v) is 45.0. The van der Waals surface area contributed by atoms with Gasteiger partial charge in [0.15, 0.2) is 34.4 Å². The Labute approximate surface area is 424 Å². The molecule has 1 fully saturated rings. The minimum Gasteiger partial charge on any atom is -0.385 e. The third-order valence-electron chi connectivity index (χ3n) is 14.9. The molecule has 0 radical (unpaired) electrons. The van der Waals surface area contributed by atoms with Crippen LogP contribution < -0.4 is 10.9 Å². The highest BCUT2D eigenvalue weighted by Gasteiger charge is 2.57. The molecule has 2 aromatic heterocycles. The van der Waals surface area contributed by atoms with E-state index in [1.165, 1.54) is 191 Å². The Morgan fingerprint density at radius 1 is 0.629 bits per heavy atom. The highest BCUT2D eigenvalue weighted by atomic mass is 16.5. The lowest BCUT2D eigenvalue weighted by Crippen LogP contribution is -2.52. The molecule has 4 atom stereocenters. The number of anilines is 1. The number of aliphatic hydroxyl groups is 2. The van der Waals surface area contributed by atoms with Crippen LogP contribution in [0.5, 0.6) is 0 Å². The Morgan fingerprint density at radius 3 is 1.44 bits per heavy atom. The number of hydrogen-bond donors (Lipinski definition) is 4. The Bertz CT molecular complexity index is 1730. The number of nitrogens with zero attached hydrogens (tertiary/aromatic N) is 3. The number of carbonyl (C=O) groups is 3. The molecule has 0 bridgehead atoms. The normalized spacial score (nSPS) is 17.4. The third-order valence-corrected chi connectivity index (χ3v) is 14.9. The molecular weight excluding hydrogens is 879 g/mol. The maximum atomic E-state index is 14.0. The summed E-state index contributed by atoms with van der Waals surface area (Å²) in [6.07, 6.45) is 43.8. The first-order valence-corrected chi connectivity index (χ1v) is 29.6. The molecular formula is C58H103N5O7. The van der Waals surface area contributed by atoms with Crippen LogP contribution in [0.15, 0.2) is 11.1 Å². The SMILES string of the molecule is CCCCCCCCCCCCCCCC(=O)Nc1nc2c(ncn2[C@H]2C[C@@](O)(C(=O)CCCCCCCCCCCCCCC)[C@@H](C(=O)C(O)CCCCCCCCCCCCCCC)O2)c(=O)[nH]1. The number of aromatic nitrogens is 4.